The second-order valence-electron chi connectivity index (χ2n) is 5.32. The number of nitrogens with one attached hydrogen (secondary N) is 1. The van der Waals surface area contributed by atoms with Gasteiger partial charge in [0.05, 0.1) is 0 Å². The molecule has 0 spiro atoms. The molecule has 0 atom stereocenters. The van der Waals surface area contributed by atoms with E-state index in [0.717, 1.165) is 10.8 Å². The minimum atomic E-state index is -0.399. The Balaban J connectivity index is 1.67. The molecule has 0 amide bonds. The Bertz CT molecular complexity index is 1160. The molecule has 0 aliphatic carbocycles. The maximum absolute atomic E-state index is 12.3. The lowest BCUT2D eigenvalue weighted by Gasteiger charge is -2.00. The molecule has 122 valence electrons. The van der Waals surface area contributed by atoms with Crippen molar-refractivity contribution in [3.8, 4) is 0 Å². The molecule has 0 saturated carbocycles. The number of carbonyl (C=O) groups is 1. The third-order valence-corrected chi connectivity index (χ3v) is 4.68. The van der Waals surface area contributed by atoms with Crippen LogP contribution in [0.15, 0.2) is 75.7 Å². The molecule has 0 fully saturated rings. The molecule has 3 heterocycles. The monoisotopic (exact) mass is 348 g/mol. The van der Waals surface area contributed by atoms with Crippen LogP contribution in [0.2, 0.25) is 0 Å². The van der Waals surface area contributed by atoms with E-state index >= 15 is 0 Å². The van der Waals surface area contributed by atoms with Gasteiger partial charge >= 0.3 is 5.63 Å². The molecule has 0 aliphatic rings. The molecular formula is C19H12N2O3S. The van der Waals surface area contributed by atoms with E-state index in [-0.39, 0.29) is 5.78 Å². The first kappa shape index (κ1) is 15.3. The van der Waals surface area contributed by atoms with E-state index in [9.17, 15) is 9.59 Å². The van der Waals surface area contributed by atoms with Crippen molar-refractivity contribution in [1.29, 1.82) is 0 Å². The SMILES string of the molecule is O=C(/C=C/Nc1scc2c1c(=O)oc1ccccc12)c1cccnc1. The van der Waals surface area contributed by atoms with Gasteiger partial charge in [-0.3, -0.25) is 9.78 Å². The predicted octanol–water partition coefficient (Wildman–Crippen LogP) is 4.21. The lowest BCUT2D eigenvalue weighted by atomic mass is 10.1. The Morgan fingerprint density at radius 2 is 2.04 bits per heavy atom. The van der Waals surface area contributed by atoms with Crippen LogP contribution in [0.5, 0.6) is 0 Å². The number of nitrogens with zero attached hydrogens (tertiary/aromatic N) is 1. The maximum Gasteiger partial charge on any atom is 0.347 e. The Morgan fingerprint density at radius 1 is 1.16 bits per heavy atom. The molecule has 0 bridgehead atoms. The first-order chi connectivity index (χ1) is 12.2. The second kappa shape index (κ2) is 6.33. The lowest BCUT2D eigenvalue weighted by molar-refractivity contribution is 0.104. The van der Waals surface area contributed by atoms with Gasteiger partial charge in [-0.15, -0.1) is 11.3 Å². The van der Waals surface area contributed by atoms with E-state index in [1.807, 2.05) is 23.6 Å². The quantitative estimate of drug-likeness (QED) is 0.340. The molecule has 4 rings (SSSR count). The van der Waals surface area contributed by atoms with Gasteiger partial charge in [-0.25, -0.2) is 4.79 Å². The molecule has 0 radical (unpaired) electrons. The molecule has 1 aromatic carbocycles. The predicted molar refractivity (Wildman–Crippen MR) is 99.2 cm³/mol. The van der Waals surface area contributed by atoms with Crippen LogP contribution in [0.1, 0.15) is 10.4 Å². The van der Waals surface area contributed by atoms with Gasteiger partial charge in [-0.05, 0) is 18.2 Å². The molecule has 0 saturated heterocycles. The number of hydrogen-bond donors (Lipinski definition) is 1. The normalized spacial score (nSPS) is 11.4. The number of benzene rings is 1. The number of allylic oxidation sites excluding steroid dienone is 1. The fourth-order valence-corrected chi connectivity index (χ4v) is 3.52. The summed E-state index contributed by atoms with van der Waals surface area (Å²) in [6.45, 7) is 0. The molecule has 3 aromatic heterocycles. The van der Waals surface area contributed by atoms with Gasteiger partial charge in [0.15, 0.2) is 5.78 Å². The number of pyridine rings is 1. The number of fused-ring (bicyclic) bond motifs is 3. The summed E-state index contributed by atoms with van der Waals surface area (Å²) < 4.78 is 5.38. The smallest absolute Gasteiger partial charge is 0.347 e. The average Bonchev–Trinajstić information content (AvgIpc) is 3.07. The zero-order valence-corrected chi connectivity index (χ0v) is 13.7. The topological polar surface area (TPSA) is 72.2 Å². The fraction of sp³-hybridized carbons (Fsp3) is 0. The van der Waals surface area contributed by atoms with Crippen LogP contribution in [0.25, 0.3) is 21.7 Å². The van der Waals surface area contributed by atoms with E-state index in [1.165, 1.54) is 29.8 Å². The van der Waals surface area contributed by atoms with Crippen molar-refractivity contribution in [3.05, 3.63) is 82.4 Å². The van der Waals surface area contributed by atoms with Crippen LogP contribution >= 0.6 is 11.3 Å². The van der Waals surface area contributed by atoms with E-state index < -0.39 is 5.63 Å². The summed E-state index contributed by atoms with van der Waals surface area (Å²) in [5, 5.41) is 7.78. The van der Waals surface area contributed by atoms with Crippen LogP contribution in [-0.2, 0) is 0 Å². The first-order valence-corrected chi connectivity index (χ1v) is 8.42. The van der Waals surface area contributed by atoms with Crippen molar-refractivity contribution in [2.75, 3.05) is 5.32 Å². The van der Waals surface area contributed by atoms with Crippen molar-refractivity contribution in [3.63, 3.8) is 0 Å². The van der Waals surface area contributed by atoms with Crippen molar-refractivity contribution in [2.45, 2.75) is 0 Å². The van der Waals surface area contributed by atoms with Crippen LogP contribution in [0.3, 0.4) is 0 Å². The highest BCUT2D eigenvalue weighted by atomic mass is 32.1. The number of rotatable bonds is 4. The molecule has 0 unspecified atom stereocenters. The zero-order valence-electron chi connectivity index (χ0n) is 12.9. The van der Waals surface area contributed by atoms with Crippen molar-refractivity contribution < 1.29 is 9.21 Å². The average molecular weight is 348 g/mol. The molecule has 0 aliphatic heterocycles. The Morgan fingerprint density at radius 3 is 2.88 bits per heavy atom. The van der Waals surface area contributed by atoms with E-state index in [1.54, 1.807) is 24.4 Å². The number of anilines is 1. The molecule has 6 heteroatoms. The number of ketones is 1. The van der Waals surface area contributed by atoms with Crippen LogP contribution in [-0.4, -0.2) is 10.8 Å². The number of carbonyl (C=O) groups excluding carboxylic acids is 1. The van der Waals surface area contributed by atoms with Crippen LogP contribution in [0, 0.1) is 0 Å². The second-order valence-corrected chi connectivity index (χ2v) is 6.20. The highest BCUT2D eigenvalue weighted by molar-refractivity contribution is 7.16. The minimum Gasteiger partial charge on any atom is -0.422 e. The summed E-state index contributed by atoms with van der Waals surface area (Å²) in [7, 11) is 0. The first-order valence-electron chi connectivity index (χ1n) is 7.54. The number of thiophene rings is 1. The fourth-order valence-electron chi connectivity index (χ4n) is 2.59. The zero-order chi connectivity index (χ0) is 17.2. The van der Waals surface area contributed by atoms with Gasteiger partial charge in [-0.1, -0.05) is 18.2 Å². The Labute approximate surface area is 146 Å². The third kappa shape index (κ3) is 2.83. The summed E-state index contributed by atoms with van der Waals surface area (Å²) in [6.07, 6.45) is 6.05. The standard InChI is InChI=1S/C19H12N2O3S/c22-15(12-4-3-8-20-10-12)7-9-21-18-17-14(11-25-18)13-5-1-2-6-16(13)24-19(17)23/h1-11,21H/b9-7+. The van der Waals surface area contributed by atoms with Crippen molar-refractivity contribution in [2.24, 2.45) is 0 Å². The Kier molecular flexibility index (Phi) is 3.87. The molecule has 4 aromatic rings. The minimum absolute atomic E-state index is 0.168. The van der Waals surface area contributed by atoms with Gasteiger partial charge in [0.25, 0.3) is 0 Å². The van der Waals surface area contributed by atoms with Gasteiger partial charge in [-0.2, -0.15) is 0 Å². The summed E-state index contributed by atoms with van der Waals surface area (Å²) in [5.41, 5.74) is 0.665. The molecule has 1 N–H and O–H groups in total. The Hall–Kier alpha value is -3.25. The molecule has 25 heavy (non-hydrogen) atoms. The van der Waals surface area contributed by atoms with Crippen LogP contribution < -0.4 is 10.9 Å². The van der Waals surface area contributed by atoms with Crippen molar-refractivity contribution in [1.82, 2.24) is 4.98 Å². The molecule has 5 nitrogen and oxygen atoms in total. The summed E-state index contributed by atoms with van der Waals surface area (Å²) in [5.74, 6) is -0.168. The summed E-state index contributed by atoms with van der Waals surface area (Å²) >= 11 is 1.39. The maximum atomic E-state index is 12.3. The largest absolute Gasteiger partial charge is 0.422 e. The number of para-hydroxylation sites is 1. The van der Waals surface area contributed by atoms with Gasteiger partial charge in [0.2, 0.25) is 0 Å². The van der Waals surface area contributed by atoms with Gasteiger partial charge in [0, 0.05) is 46.4 Å². The number of aromatic nitrogens is 1. The molecular weight excluding hydrogens is 336 g/mol. The summed E-state index contributed by atoms with van der Waals surface area (Å²) in [6, 6.07) is 10.8. The highest BCUT2D eigenvalue weighted by Crippen LogP contribution is 2.33. The lowest BCUT2D eigenvalue weighted by Crippen LogP contribution is -2.01. The van der Waals surface area contributed by atoms with Crippen LogP contribution in [0.4, 0.5) is 5.00 Å². The van der Waals surface area contributed by atoms with Gasteiger partial charge < -0.3 is 9.73 Å². The van der Waals surface area contributed by atoms with E-state index in [4.69, 9.17) is 4.42 Å². The van der Waals surface area contributed by atoms with E-state index in [0.29, 0.717) is 21.5 Å². The summed E-state index contributed by atoms with van der Waals surface area (Å²) in [4.78, 5) is 28.2. The highest BCUT2D eigenvalue weighted by Gasteiger charge is 2.12. The third-order valence-electron chi connectivity index (χ3n) is 3.77. The number of hydrogen-bond acceptors (Lipinski definition) is 6. The van der Waals surface area contributed by atoms with Crippen molar-refractivity contribution >= 4 is 43.9 Å². The van der Waals surface area contributed by atoms with Gasteiger partial charge in [0.1, 0.15) is 16.0 Å². The van der Waals surface area contributed by atoms with E-state index in [2.05, 4.69) is 10.3 Å².